The number of benzene rings is 2. The van der Waals surface area contributed by atoms with Gasteiger partial charge in [-0.05, 0) is 36.4 Å². The van der Waals surface area contributed by atoms with E-state index in [9.17, 15) is 4.79 Å². The van der Waals surface area contributed by atoms with Crippen LogP contribution in [0.5, 0.6) is 0 Å². The third-order valence-electron chi connectivity index (χ3n) is 3.37. The smallest absolute Gasteiger partial charge is 0.225 e. The number of rotatable bonds is 8. The Morgan fingerprint density at radius 1 is 1.13 bits per heavy atom. The molecule has 0 spiro atoms. The number of hydrogen-bond donors (Lipinski definition) is 2. The van der Waals surface area contributed by atoms with Gasteiger partial charge in [0, 0.05) is 42.0 Å². The van der Waals surface area contributed by atoms with Crippen molar-refractivity contribution >= 4 is 29.0 Å². The maximum absolute atomic E-state index is 12.0. The number of nitrogens with zero attached hydrogens (tertiary/aromatic N) is 1. The SMILES string of the molecule is CN(CCO)c1ccc(NC(=O)CCSc2ccccc2)cc1. The summed E-state index contributed by atoms with van der Waals surface area (Å²) in [4.78, 5) is 15.1. The molecule has 122 valence electrons. The zero-order valence-electron chi connectivity index (χ0n) is 13.2. The first-order chi connectivity index (χ1) is 11.2. The summed E-state index contributed by atoms with van der Waals surface area (Å²) in [6, 6.07) is 17.7. The van der Waals surface area contributed by atoms with E-state index in [4.69, 9.17) is 5.11 Å². The molecular weight excluding hydrogens is 308 g/mol. The zero-order valence-corrected chi connectivity index (χ0v) is 14.1. The summed E-state index contributed by atoms with van der Waals surface area (Å²) in [5.41, 5.74) is 1.80. The van der Waals surface area contributed by atoms with Crippen LogP contribution >= 0.6 is 11.8 Å². The fraction of sp³-hybridized carbons (Fsp3) is 0.278. The second-order valence-corrected chi connectivity index (χ2v) is 6.32. The molecule has 2 N–H and O–H groups in total. The van der Waals surface area contributed by atoms with Crippen molar-refractivity contribution in [2.24, 2.45) is 0 Å². The first-order valence-electron chi connectivity index (χ1n) is 7.59. The summed E-state index contributed by atoms with van der Waals surface area (Å²) in [6.07, 6.45) is 0.478. The summed E-state index contributed by atoms with van der Waals surface area (Å²) in [5.74, 6) is 0.776. The molecule has 0 atom stereocenters. The third-order valence-corrected chi connectivity index (χ3v) is 4.38. The summed E-state index contributed by atoms with van der Waals surface area (Å²) >= 11 is 1.68. The van der Waals surface area contributed by atoms with Crippen LogP contribution in [0.3, 0.4) is 0 Å². The molecule has 0 saturated heterocycles. The molecular formula is C18H22N2O2S. The molecule has 1 amide bonds. The molecule has 4 nitrogen and oxygen atoms in total. The Morgan fingerprint density at radius 3 is 2.48 bits per heavy atom. The van der Waals surface area contributed by atoms with Crippen molar-refractivity contribution in [1.82, 2.24) is 0 Å². The van der Waals surface area contributed by atoms with Crippen molar-refractivity contribution in [3.05, 3.63) is 54.6 Å². The molecule has 23 heavy (non-hydrogen) atoms. The Labute approximate surface area is 141 Å². The lowest BCUT2D eigenvalue weighted by Gasteiger charge is -2.18. The Hall–Kier alpha value is -1.98. The predicted molar refractivity (Wildman–Crippen MR) is 97.2 cm³/mol. The van der Waals surface area contributed by atoms with E-state index in [0.29, 0.717) is 13.0 Å². The number of carbonyl (C=O) groups excluding carboxylic acids is 1. The molecule has 0 unspecified atom stereocenters. The van der Waals surface area contributed by atoms with E-state index in [1.807, 2.05) is 66.5 Å². The molecule has 2 aromatic carbocycles. The number of aliphatic hydroxyl groups excluding tert-OH is 1. The molecule has 0 aromatic heterocycles. The van der Waals surface area contributed by atoms with Crippen LogP contribution in [0.4, 0.5) is 11.4 Å². The van der Waals surface area contributed by atoms with Crippen molar-refractivity contribution in [3.63, 3.8) is 0 Å². The molecule has 0 aliphatic rings. The maximum Gasteiger partial charge on any atom is 0.225 e. The van der Waals surface area contributed by atoms with Crippen LogP contribution in [0.15, 0.2) is 59.5 Å². The Kier molecular flexibility index (Phi) is 6.97. The second kappa shape index (κ2) is 9.22. The third kappa shape index (κ3) is 5.96. The lowest BCUT2D eigenvalue weighted by Crippen LogP contribution is -2.21. The van der Waals surface area contributed by atoms with Crippen LogP contribution in [0.1, 0.15) is 6.42 Å². The number of thioether (sulfide) groups is 1. The van der Waals surface area contributed by atoms with Gasteiger partial charge in [0.25, 0.3) is 0 Å². The highest BCUT2D eigenvalue weighted by molar-refractivity contribution is 7.99. The van der Waals surface area contributed by atoms with Crippen molar-refractivity contribution < 1.29 is 9.90 Å². The van der Waals surface area contributed by atoms with Crippen molar-refractivity contribution in [2.75, 3.05) is 36.2 Å². The van der Waals surface area contributed by atoms with Gasteiger partial charge in [-0.3, -0.25) is 4.79 Å². The van der Waals surface area contributed by atoms with Crippen LogP contribution in [0, 0.1) is 0 Å². The van der Waals surface area contributed by atoms with E-state index >= 15 is 0 Å². The topological polar surface area (TPSA) is 52.6 Å². The standard InChI is InChI=1S/C18H22N2O2S/c1-20(12-13-21)16-9-7-15(8-10-16)19-18(22)11-14-23-17-5-3-2-4-6-17/h2-10,21H,11-14H2,1H3,(H,19,22). The molecule has 0 aliphatic heterocycles. The minimum atomic E-state index is 0.0184. The Morgan fingerprint density at radius 2 is 1.83 bits per heavy atom. The number of aliphatic hydroxyl groups is 1. The molecule has 0 saturated carbocycles. The highest BCUT2D eigenvalue weighted by atomic mass is 32.2. The first-order valence-corrected chi connectivity index (χ1v) is 8.57. The maximum atomic E-state index is 12.0. The number of nitrogens with one attached hydrogen (secondary N) is 1. The fourth-order valence-electron chi connectivity index (χ4n) is 2.08. The van der Waals surface area contributed by atoms with Crippen molar-refractivity contribution in [2.45, 2.75) is 11.3 Å². The summed E-state index contributed by atoms with van der Waals surface area (Å²) in [6.45, 7) is 0.705. The van der Waals surface area contributed by atoms with E-state index in [1.54, 1.807) is 11.8 Å². The molecule has 2 rings (SSSR count). The van der Waals surface area contributed by atoms with Crippen LogP contribution in [0.25, 0.3) is 0 Å². The average Bonchev–Trinajstić information content (AvgIpc) is 2.57. The predicted octanol–water partition coefficient (Wildman–Crippen LogP) is 3.24. The average molecular weight is 330 g/mol. The normalized spacial score (nSPS) is 10.3. The van der Waals surface area contributed by atoms with E-state index in [1.165, 1.54) is 4.90 Å². The van der Waals surface area contributed by atoms with Crippen LogP contribution in [-0.4, -0.2) is 37.0 Å². The van der Waals surface area contributed by atoms with E-state index in [2.05, 4.69) is 5.32 Å². The molecule has 2 aromatic rings. The van der Waals surface area contributed by atoms with E-state index in [-0.39, 0.29) is 12.5 Å². The summed E-state index contributed by atoms with van der Waals surface area (Å²) in [7, 11) is 1.92. The minimum Gasteiger partial charge on any atom is -0.395 e. The van der Waals surface area contributed by atoms with Crippen molar-refractivity contribution in [3.8, 4) is 0 Å². The molecule has 0 bridgehead atoms. The molecule has 0 heterocycles. The van der Waals surface area contributed by atoms with Gasteiger partial charge in [0.05, 0.1) is 6.61 Å². The van der Waals surface area contributed by atoms with E-state index < -0.39 is 0 Å². The number of carbonyl (C=O) groups is 1. The molecule has 0 radical (unpaired) electrons. The van der Waals surface area contributed by atoms with Crippen LogP contribution in [-0.2, 0) is 4.79 Å². The Bertz CT molecular complexity index is 602. The first kappa shape index (κ1) is 17.4. The lowest BCUT2D eigenvalue weighted by molar-refractivity contribution is -0.115. The lowest BCUT2D eigenvalue weighted by atomic mass is 10.2. The Balaban J connectivity index is 1.76. The van der Waals surface area contributed by atoms with Gasteiger partial charge < -0.3 is 15.3 Å². The minimum absolute atomic E-state index is 0.0184. The molecule has 0 fully saturated rings. The van der Waals surface area contributed by atoms with Crippen molar-refractivity contribution in [1.29, 1.82) is 0 Å². The molecule has 0 aliphatic carbocycles. The second-order valence-electron chi connectivity index (χ2n) is 5.15. The fourth-order valence-corrected chi connectivity index (χ4v) is 2.95. The van der Waals surface area contributed by atoms with Gasteiger partial charge in [0.15, 0.2) is 0 Å². The number of likely N-dealkylation sites (N-methyl/N-ethyl adjacent to an activating group) is 1. The van der Waals surface area contributed by atoms with E-state index in [0.717, 1.165) is 17.1 Å². The quantitative estimate of drug-likeness (QED) is 0.730. The van der Waals surface area contributed by atoms with Gasteiger partial charge in [-0.2, -0.15) is 0 Å². The number of anilines is 2. The number of hydrogen-bond acceptors (Lipinski definition) is 4. The monoisotopic (exact) mass is 330 g/mol. The zero-order chi connectivity index (χ0) is 16.5. The summed E-state index contributed by atoms with van der Waals surface area (Å²) in [5, 5.41) is 11.8. The highest BCUT2D eigenvalue weighted by Gasteiger charge is 2.04. The van der Waals surface area contributed by atoms with Gasteiger partial charge in [-0.1, -0.05) is 18.2 Å². The van der Waals surface area contributed by atoms with Gasteiger partial charge >= 0.3 is 0 Å². The van der Waals surface area contributed by atoms with Gasteiger partial charge in [0.2, 0.25) is 5.91 Å². The largest absolute Gasteiger partial charge is 0.395 e. The molecule has 5 heteroatoms. The van der Waals surface area contributed by atoms with Gasteiger partial charge in [-0.25, -0.2) is 0 Å². The van der Waals surface area contributed by atoms with Crippen LogP contribution in [0.2, 0.25) is 0 Å². The number of amides is 1. The summed E-state index contributed by atoms with van der Waals surface area (Å²) < 4.78 is 0. The van der Waals surface area contributed by atoms with Crippen LogP contribution < -0.4 is 10.2 Å². The highest BCUT2D eigenvalue weighted by Crippen LogP contribution is 2.19. The van der Waals surface area contributed by atoms with Gasteiger partial charge in [-0.15, -0.1) is 11.8 Å². The van der Waals surface area contributed by atoms with Gasteiger partial charge in [0.1, 0.15) is 0 Å².